The Bertz CT molecular complexity index is 740. The maximum Gasteiger partial charge on any atom is 0.335 e. The summed E-state index contributed by atoms with van der Waals surface area (Å²) in [5, 5.41) is 8.71. The number of benzene rings is 1. The molecule has 1 aromatic heterocycles. The zero-order chi connectivity index (χ0) is 15.5. The van der Waals surface area contributed by atoms with E-state index in [0.29, 0.717) is 18.2 Å². The van der Waals surface area contributed by atoms with E-state index in [1.807, 2.05) is 0 Å². The summed E-state index contributed by atoms with van der Waals surface area (Å²) >= 11 is 0. The van der Waals surface area contributed by atoms with Crippen LogP contribution in [-0.4, -0.2) is 26.0 Å². The van der Waals surface area contributed by atoms with E-state index >= 15 is 0 Å². The largest absolute Gasteiger partial charge is 0.478 e. The van der Waals surface area contributed by atoms with E-state index in [4.69, 9.17) is 9.52 Å². The molecule has 0 amide bonds. The second-order valence-electron chi connectivity index (χ2n) is 4.18. The monoisotopic (exact) mass is 313 g/mol. The van der Waals surface area contributed by atoms with Crippen LogP contribution in [0.4, 0.5) is 4.39 Å². The molecular formula is C13H12FNO5S. The molecule has 0 bridgehead atoms. The molecule has 112 valence electrons. The van der Waals surface area contributed by atoms with Gasteiger partial charge in [-0.3, -0.25) is 0 Å². The number of hydrogen-bond acceptors (Lipinski definition) is 4. The molecule has 2 N–H and O–H groups in total. The highest BCUT2D eigenvalue weighted by atomic mass is 32.2. The first-order valence-corrected chi connectivity index (χ1v) is 7.43. The van der Waals surface area contributed by atoms with Crippen LogP contribution in [0.3, 0.4) is 0 Å². The third-order valence-corrected chi connectivity index (χ3v) is 4.21. The highest BCUT2D eigenvalue weighted by Crippen LogP contribution is 2.16. The number of sulfonamides is 1. The lowest BCUT2D eigenvalue weighted by Gasteiger charge is -2.07. The Hall–Kier alpha value is -2.19. The Morgan fingerprint density at radius 2 is 2.10 bits per heavy atom. The van der Waals surface area contributed by atoms with E-state index < -0.39 is 26.7 Å². The maximum absolute atomic E-state index is 13.7. The van der Waals surface area contributed by atoms with E-state index in [1.165, 1.54) is 6.26 Å². The number of rotatable bonds is 6. The molecule has 0 spiro atoms. The van der Waals surface area contributed by atoms with Crippen LogP contribution in [0.15, 0.2) is 45.9 Å². The Balaban J connectivity index is 2.10. The number of nitrogens with one attached hydrogen (secondary N) is 1. The second-order valence-corrected chi connectivity index (χ2v) is 5.91. The minimum atomic E-state index is -4.05. The predicted octanol–water partition coefficient (Wildman–Crippen LogP) is 1.64. The number of halogens is 1. The molecule has 0 aliphatic rings. The van der Waals surface area contributed by atoms with Crippen LogP contribution in [0.2, 0.25) is 0 Å². The summed E-state index contributed by atoms with van der Waals surface area (Å²) in [5.74, 6) is -1.84. The van der Waals surface area contributed by atoms with E-state index in [2.05, 4.69) is 4.72 Å². The molecule has 0 aliphatic heterocycles. The summed E-state index contributed by atoms with van der Waals surface area (Å²) in [7, 11) is -4.05. The van der Waals surface area contributed by atoms with Gasteiger partial charge < -0.3 is 9.52 Å². The van der Waals surface area contributed by atoms with Gasteiger partial charge in [0.25, 0.3) is 0 Å². The van der Waals surface area contributed by atoms with Gasteiger partial charge in [0.1, 0.15) is 16.5 Å². The number of carboxylic acids is 1. The molecule has 6 nitrogen and oxygen atoms in total. The Morgan fingerprint density at radius 1 is 1.33 bits per heavy atom. The first-order valence-electron chi connectivity index (χ1n) is 5.95. The maximum atomic E-state index is 13.7. The second kappa shape index (κ2) is 6.06. The van der Waals surface area contributed by atoms with Gasteiger partial charge in [-0.25, -0.2) is 22.3 Å². The summed E-state index contributed by atoms with van der Waals surface area (Å²) in [4.78, 5) is 10.1. The molecule has 8 heteroatoms. The molecule has 0 aliphatic carbocycles. The molecule has 0 atom stereocenters. The van der Waals surface area contributed by atoms with Crippen molar-refractivity contribution in [3.8, 4) is 0 Å². The van der Waals surface area contributed by atoms with Crippen LogP contribution in [0.1, 0.15) is 16.1 Å². The van der Waals surface area contributed by atoms with Crippen LogP contribution < -0.4 is 4.72 Å². The minimum absolute atomic E-state index is 0.0377. The number of carbonyl (C=O) groups is 1. The number of furan rings is 1. The van der Waals surface area contributed by atoms with Gasteiger partial charge in [0.2, 0.25) is 10.0 Å². The number of carboxylic acid groups (broad SMARTS) is 1. The van der Waals surface area contributed by atoms with Gasteiger partial charge >= 0.3 is 5.97 Å². The van der Waals surface area contributed by atoms with Gasteiger partial charge in [-0.05, 0) is 30.3 Å². The van der Waals surface area contributed by atoms with Crippen molar-refractivity contribution < 1.29 is 27.1 Å². The normalized spacial score (nSPS) is 11.5. The fraction of sp³-hybridized carbons (Fsp3) is 0.154. The van der Waals surface area contributed by atoms with Crippen molar-refractivity contribution in [2.24, 2.45) is 0 Å². The van der Waals surface area contributed by atoms with Crippen molar-refractivity contribution in [2.75, 3.05) is 6.54 Å². The fourth-order valence-electron chi connectivity index (χ4n) is 1.69. The number of hydrogen-bond donors (Lipinski definition) is 2. The van der Waals surface area contributed by atoms with Crippen LogP contribution in [-0.2, 0) is 16.4 Å². The summed E-state index contributed by atoms with van der Waals surface area (Å²) in [5.41, 5.74) is -0.318. The van der Waals surface area contributed by atoms with E-state index in [1.54, 1.807) is 12.1 Å². The van der Waals surface area contributed by atoms with E-state index in [9.17, 15) is 17.6 Å². The highest BCUT2D eigenvalue weighted by molar-refractivity contribution is 7.89. The molecule has 0 saturated carbocycles. The third-order valence-electron chi connectivity index (χ3n) is 2.71. The molecule has 0 fully saturated rings. The van der Waals surface area contributed by atoms with Gasteiger partial charge in [0.15, 0.2) is 0 Å². The summed E-state index contributed by atoms with van der Waals surface area (Å²) in [6, 6.07) is 5.99. The first-order chi connectivity index (χ1) is 9.90. The van der Waals surface area contributed by atoms with Crippen molar-refractivity contribution in [1.29, 1.82) is 0 Å². The van der Waals surface area contributed by atoms with Crippen molar-refractivity contribution in [3.05, 3.63) is 53.7 Å². The van der Waals surface area contributed by atoms with Crippen LogP contribution in [0.5, 0.6) is 0 Å². The lowest BCUT2D eigenvalue weighted by molar-refractivity contribution is 0.0696. The van der Waals surface area contributed by atoms with Crippen molar-refractivity contribution in [3.63, 3.8) is 0 Å². The summed E-state index contributed by atoms with van der Waals surface area (Å²) in [6.45, 7) is 0.0377. The Kier molecular flexibility index (Phi) is 4.39. The summed E-state index contributed by atoms with van der Waals surface area (Å²) in [6.07, 6.45) is 1.79. The highest BCUT2D eigenvalue weighted by Gasteiger charge is 2.20. The summed E-state index contributed by atoms with van der Waals surface area (Å²) < 4.78 is 44.8. The van der Waals surface area contributed by atoms with Gasteiger partial charge in [-0.2, -0.15) is 0 Å². The average molecular weight is 313 g/mol. The SMILES string of the molecule is O=C(O)c1ccc(S(=O)(=O)NCCc2ccco2)c(F)c1. The smallest absolute Gasteiger partial charge is 0.335 e. The zero-order valence-electron chi connectivity index (χ0n) is 10.7. The molecule has 1 aromatic carbocycles. The zero-order valence-corrected chi connectivity index (χ0v) is 11.6. The molecule has 0 saturated heterocycles. The Labute approximate surface area is 120 Å². The van der Waals surface area contributed by atoms with E-state index in [0.717, 1.165) is 12.1 Å². The average Bonchev–Trinajstić information content (AvgIpc) is 2.91. The molecule has 2 rings (SSSR count). The van der Waals surface area contributed by atoms with Crippen molar-refractivity contribution in [1.82, 2.24) is 4.72 Å². The fourth-order valence-corrected chi connectivity index (χ4v) is 2.78. The minimum Gasteiger partial charge on any atom is -0.478 e. The molecule has 0 unspecified atom stereocenters. The lowest BCUT2D eigenvalue weighted by Crippen LogP contribution is -2.26. The number of aromatic carboxylic acids is 1. The van der Waals surface area contributed by atoms with Gasteiger partial charge in [-0.1, -0.05) is 0 Å². The third kappa shape index (κ3) is 3.67. The molecule has 21 heavy (non-hydrogen) atoms. The molecule has 0 radical (unpaired) electrons. The topological polar surface area (TPSA) is 96.6 Å². The van der Waals surface area contributed by atoms with Crippen LogP contribution >= 0.6 is 0 Å². The first kappa shape index (κ1) is 15.2. The molecule has 2 aromatic rings. The van der Waals surface area contributed by atoms with Crippen molar-refractivity contribution in [2.45, 2.75) is 11.3 Å². The van der Waals surface area contributed by atoms with Gasteiger partial charge in [-0.15, -0.1) is 0 Å². The molecule has 1 heterocycles. The van der Waals surface area contributed by atoms with E-state index in [-0.39, 0.29) is 12.1 Å². The van der Waals surface area contributed by atoms with Gasteiger partial charge in [0, 0.05) is 13.0 Å². The molecular weight excluding hydrogens is 301 g/mol. The predicted molar refractivity (Wildman–Crippen MR) is 71.0 cm³/mol. The van der Waals surface area contributed by atoms with Crippen LogP contribution in [0, 0.1) is 5.82 Å². The quantitative estimate of drug-likeness (QED) is 0.845. The van der Waals surface area contributed by atoms with Gasteiger partial charge in [0.05, 0.1) is 11.8 Å². The lowest BCUT2D eigenvalue weighted by atomic mass is 10.2. The van der Waals surface area contributed by atoms with Crippen molar-refractivity contribution >= 4 is 16.0 Å². The standard InChI is InChI=1S/C13H12FNO5S/c14-11-8-9(13(16)17)3-4-12(11)21(18,19)15-6-5-10-2-1-7-20-10/h1-4,7-8,15H,5-6H2,(H,16,17). The van der Waals surface area contributed by atoms with Crippen LogP contribution in [0.25, 0.3) is 0 Å². The Morgan fingerprint density at radius 3 is 2.67 bits per heavy atom.